The van der Waals surface area contributed by atoms with E-state index in [1.54, 1.807) is 20.9 Å². The molecule has 6 nitrogen and oxygen atoms in total. The molecule has 3 rings (SSSR count). The highest BCUT2D eigenvalue weighted by atomic mass is 19.4. The molecule has 0 amide bonds. The summed E-state index contributed by atoms with van der Waals surface area (Å²) >= 11 is 0. The van der Waals surface area contributed by atoms with Crippen molar-refractivity contribution in [2.24, 2.45) is 7.05 Å². The van der Waals surface area contributed by atoms with Gasteiger partial charge in [-0.3, -0.25) is 10.00 Å². The Morgan fingerprint density at radius 1 is 1.33 bits per heavy atom. The van der Waals surface area contributed by atoms with Crippen molar-refractivity contribution in [2.75, 3.05) is 6.61 Å². The van der Waals surface area contributed by atoms with Crippen LogP contribution in [-0.4, -0.2) is 27.7 Å². The molecule has 0 radical (unpaired) electrons. The molecule has 1 aliphatic rings. The van der Waals surface area contributed by atoms with Crippen molar-refractivity contribution in [3.8, 4) is 0 Å². The fourth-order valence-electron chi connectivity index (χ4n) is 3.01. The Morgan fingerprint density at radius 3 is 2.71 bits per heavy atom. The summed E-state index contributed by atoms with van der Waals surface area (Å²) in [7, 11) is 1.63. The molecule has 1 atom stereocenters. The van der Waals surface area contributed by atoms with Crippen molar-refractivity contribution in [3.05, 3.63) is 34.0 Å². The summed E-state index contributed by atoms with van der Waals surface area (Å²) in [5, 5.41) is 10.5. The Kier molecular flexibility index (Phi) is 4.39. The smallest absolute Gasteiger partial charge is 0.376 e. The molecule has 2 aromatic rings. The summed E-state index contributed by atoms with van der Waals surface area (Å²) in [6.45, 7) is 4.00. The highest BCUT2D eigenvalue weighted by Crippen LogP contribution is 2.36. The van der Waals surface area contributed by atoms with E-state index in [1.807, 2.05) is 0 Å². The Bertz CT molecular complexity index is 736. The van der Waals surface area contributed by atoms with E-state index in [4.69, 9.17) is 9.26 Å². The molecule has 0 aromatic carbocycles. The second kappa shape index (κ2) is 6.21. The number of nitrogens with zero attached hydrogens (tertiary/aromatic N) is 3. The molecular formula is C15H19F3N4O2. The zero-order valence-electron chi connectivity index (χ0n) is 13.7. The van der Waals surface area contributed by atoms with E-state index in [-0.39, 0.29) is 12.1 Å². The third-order valence-corrected chi connectivity index (χ3v) is 4.33. The first-order valence-corrected chi connectivity index (χ1v) is 7.63. The van der Waals surface area contributed by atoms with Gasteiger partial charge < -0.3 is 9.26 Å². The first kappa shape index (κ1) is 17.0. The minimum atomic E-state index is -4.45. The maximum Gasteiger partial charge on any atom is 0.408 e. The summed E-state index contributed by atoms with van der Waals surface area (Å²) in [6, 6.07) is -1.82. The standard InChI is InChI=1S/C15H19F3N4O2/c1-8-13(9(2)22(3)20-8)14(15(16,17)18)19-6-11-10-7-23-5-4-12(10)24-21-11/h14,19H,4-7H2,1-3H3. The van der Waals surface area contributed by atoms with Gasteiger partial charge in [0.1, 0.15) is 17.5 Å². The summed E-state index contributed by atoms with van der Waals surface area (Å²) in [5.74, 6) is 0.690. The molecule has 1 aliphatic heterocycles. The molecule has 24 heavy (non-hydrogen) atoms. The molecular weight excluding hydrogens is 325 g/mol. The lowest BCUT2D eigenvalue weighted by atomic mass is 10.0. The van der Waals surface area contributed by atoms with Gasteiger partial charge in [-0.15, -0.1) is 0 Å². The largest absolute Gasteiger partial charge is 0.408 e. The third-order valence-electron chi connectivity index (χ3n) is 4.33. The number of aryl methyl sites for hydroxylation is 2. The molecule has 9 heteroatoms. The van der Waals surface area contributed by atoms with Crippen LogP contribution in [0.3, 0.4) is 0 Å². The van der Waals surface area contributed by atoms with Gasteiger partial charge in [0.25, 0.3) is 0 Å². The molecule has 0 fully saturated rings. The first-order chi connectivity index (χ1) is 11.3. The van der Waals surface area contributed by atoms with Crippen LogP contribution in [0.15, 0.2) is 4.52 Å². The minimum absolute atomic E-state index is 0.0554. The predicted molar refractivity (Wildman–Crippen MR) is 78.2 cm³/mol. The number of rotatable bonds is 4. The molecule has 0 aliphatic carbocycles. The zero-order chi connectivity index (χ0) is 17.5. The normalized spacial score (nSPS) is 16.2. The maximum atomic E-state index is 13.6. The van der Waals surface area contributed by atoms with Crippen molar-refractivity contribution >= 4 is 0 Å². The van der Waals surface area contributed by atoms with Crippen LogP contribution in [0.5, 0.6) is 0 Å². The lowest BCUT2D eigenvalue weighted by Crippen LogP contribution is -2.35. The van der Waals surface area contributed by atoms with Crippen LogP contribution >= 0.6 is 0 Å². The molecule has 132 valence electrons. The number of hydrogen-bond acceptors (Lipinski definition) is 5. The minimum Gasteiger partial charge on any atom is -0.376 e. The van der Waals surface area contributed by atoms with Crippen LogP contribution in [0, 0.1) is 13.8 Å². The summed E-state index contributed by atoms with van der Waals surface area (Å²) < 4.78 is 52.7. The molecule has 0 saturated carbocycles. The van der Waals surface area contributed by atoms with Crippen molar-refractivity contribution in [3.63, 3.8) is 0 Å². The molecule has 1 N–H and O–H groups in total. The van der Waals surface area contributed by atoms with Gasteiger partial charge >= 0.3 is 6.18 Å². The molecule has 0 bridgehead atoms. The lowest BCUT2D eigenvalue weighted by Gasteiger charge is -2.22. The van der Waals surface area contributed by atoms with Crippen molar-refractivity contribution in [1.29, 1.82) is 0 Å². The predicted octanol–water partition coefficient (Wildman–Crippen LogP) is 2.49. The quantitative estimate of drug-likeness (QED) is 0.923. The van der Waals surface area contributed by atoms with Gasteiger partial charge in [-0.2, -0.15) is 18.3 Å². The van der Waals surface area contributed by atoms with Crippen LogP contribution in [0.25, 0.3) is 0 Å². The molecule has 0 spiro atoms. The SMILES string of the molecule is Cc1nn(C)c(C)c1C(NCc1noc2c1COCC2)C(F)(F)F. The zero-order valence-corrected chi connectivity index (χ0v) is 13.7. The van der Waals surface area contributed by atoms with Gasteiger partial charge in [-0.05, 0) is 13.8 Å². The van der Waals surface area contributed by atoms with Crippen molar-refractivity contribution in [1.82, 2.24) is 20.3 Å². The average molecular weight is 344 g/mol. The Balaban J connectivity index is 1.85. The molecule has 2 aromatic heterocycles. The van der Waals surface area contributed by atoms with E-state index in [1.165, 1.54) is 4.68 Å². The van der Waals surface area contributed by atoms with E-state index in [9.17, 15) is 13.2 Å². The molecule has 0 saturated heterocycles. The van der Waals surface area contributed by atoms with Gasteiger partial charge in [0.2, 0.25) is 0 Å². The maximum absolute atomic E-state index is 13.6. The number of hydrogen-bond donors (Lipinski definition) is 1. The van der Waals surface area contributed by atoms with E-state index in [0.717, 1.165) is 5.56 Å². The monoisotopic (exact) mass is 344 g/mol. The van der Waals surface area contributed by atoms with E-state index in [0.29, 0.717) is 42.5 Å². The fourth-order valence-corrected chi connectivity index (χ4v) is 3.01. The van der Waals surface area contributed by atoms with E-state index in [2.05, 4.69) is 15.6 Å². The van der Waals surface area contributed by atoms with Gasteiger partial charge in [-0.1, -0.05) is 5.16 Å². The van der Waals surface area contributed by atoms with E-state index < -0.39 is 12.2 Å². The summed E-state index contributed by atoms with van der Waals surface area (Å²) in [6.07, 6.45) is -3.86. The third kappa shape index (κ3) is 3.05. The summed E-state index contributed by atoms with van der Waals surface area (Å²) in [4.78, 5) is 0. The number of nitrogens with one attached hydrogen (secondary N) is 1. The first-order valence-electron chi connectivity index (χ1n) is 7.63. The Hall–Kier alpha value is -1.87. The number of halogens is 3. The number of alkyl halides is 3. The van der Waals surface area contributed by atoms with Crippen molar-refractivity contribution in [2.45, 2.75) is 45.6 Å². The second-order valence-corrected chi connectivity index (χ2v) is 5.90. The highest BCUT2D eigenvalue weighted by molar-refractivity contribution is 5.30. The van der Waals surface area contributed by atoms with Gasteiger partial charge in [-0.25, -0.2) is 0 Å². The van der Waals surface area contributed by atoms with Crippen LogP contribution in [0.2, 0.25) is 0 Å². The highest BCUT2D eigenvalue weighted by Gasteiger charge is 2.43. The van der Waals surface area contributed by atoms with Crippen LogP contribution in [0.1, 0.15) is 40.0 Å². The van der Waals surface area contributed by atoms with Gasteiger partial charge in [0.05, 0.1) is 18.9 Å². The average Bonchev–Trinajstić information content (AvgIpc) is 3.02. The Morgan fingerprint density at radius 2 is 2.08 bits per heavy atom. The lowest BCUT2D eigenvalue weighted by molar-refractivity contribution is -0.158. The number of ether oxygens (including phenoxy) is 1. The van der Waals surface area contributed by atoms with E-state index >= 15 is 0 Å². The number of aromatic nitrogens is 3. The van der Waals surface area contributed by atoms with Crippen LogP contribution in [-0.2, 0) is 31.4 Å². The molecule has 3 heterocycles. The fraction of sp³-hybridized carbons (Fsp3) is 0.600. The van der Waals surface area contributed by atoms with Crippen molar-refractivity contribution < 1.29 is 22.4 Å². The van der Waals surface area contributed by atoms with Gasteiger partial charge in [0, 0.05) is 36.8 Å². The Labute approximate surface area is 136 Å². The van der Waals surface area contributed by atoms with Crippen LogP contribution < -0.4 is 5.32 Å². The number of fused-ring (bicyclic) bond motifs is 1. The second-order valence-electron chi connectivity index (χ2n) is 5.90. The summed E-state index contributed by atoms with van der Waals surface area (Å²) in [5.41, 5.74) is 2.19. The van der Waals surface area contributed by atoms with Gasteiger partial charge in [0.15, 0.2) is 0 Å². The topological polar surface area (TPSA) is 65.1 Å². The molecule has 1 unspecified atom stereocenters. The van der Waals surface area contributed by atoms with Crippen LogP contribution in [0.4, 0.5) is 13.2 Å².